The number of halogens is 2. The average molecular weight is 485 g/mol. The number of nitrogens with zero attached hydrogens (tertiary/aromatic N) is 2. The molecule has 4 rings (SSSR count). The summed E-state index contributed by atoms with van der Waals surface area (Å²) in [5, 5.41) is 5.71. The van der Waals surface area contributed by atoms with Crippen LogP contribution < -0.4 is 10.2 Å². The van der Waals surface area contributed by atoms with Crippen LogP contribution in [0.4, 0.5) is 0 Å². The van der Waals surface area contributed by atoms with Gasteiger partial charge in [-0.3, -0.25) is 4.79 Å². The van der Waals surface area contributed by atoms with Crippen molar-refractivity contribution < 1.29 is 9.53 Å². The number of H-pyrrole nitrogens is 1. The number of thioether (sulfide) groups is 1. The van der Waals surface area contributed by atoms with Crippen molar-refractivity contribution in [3.05, 3.63) is 87.9 Å². The van der Waals surface area contributed by atoms with Crippen molar-refractivity contribution in [2.45, 2.75) is 11.8 Å². The van der Waals surface area contributed by atoms with E-state index in [1.165, 1.54) is 11.8 Å². The molecule has 0 atom stereocenters. The Labute approximate surface area is 199 Å². The zero-order chi connectivity index (χ0) is 22.3. The minimum atomic E-state index is -0.215. The number of benzene rings is 3. The van der Waals surface area contributed by atoms with Gasteiger partial charge in [-0.1, -0.05) is 53.2 Å². The van der Waals surface area contributed by atoms with E-state index in [-0.39, 0.29) is 11.7 Å². The first-order valence-electron chi connectivity index (χ1n) is 9.63. The highest BCUT2D eigenvalue weighted by Gasteiger charge is 2.06. The van der Waals surface area contributed by atoms with Crippen LogP contribution in [0.2, 0.25) is 10.0 Å². The molecule has 1 heterocycles. The van der Waals surface area contributed by atoms with Gasteiger partial charge in [0.25, 0.3) is 5.91 Å². The minimum Gasteiger partial charge on any atom is -0.489 e. The summed E-state index contributed by atoms with van der Waals surface area (Å²) in [6.45, 7) is 0.378. The molecule has 0 radical (unpaired) electrons. The summed E-state index contributed by atoms with van der Waals surface area (Å²) in [6.07, 6.45) is 1.58. The fourth-order valence-corrected chi connectivity index (χ4v) is 3.79. The third-order valence-corrected chi connectivity index (χ3v) is 5.99. The predicted molar refractivity (Wildman–Crippen MR) is 130 cm³/mol. The van der Waals surface area contributed by atoms with Crippen molar-refractivity contribution in [3.8, 4) is 5.75 Å². The van der Waals surface area contributed by atoms with Gasteiger partial charge in [0, 0.05) is 0 Å². The van der Waals surface area contributed by atoms with Crippen LogP contribution in [0, 0.1) is 0 Å². The normalized spacial score (nSPS) is 11.2. The Morgan fingerprint density at radius 2 is 1.91 bits per heavy atom. The molecule has 1 amide bonds. The number of para-hydroxylation sites is 2. The number of aromatic amines is 1. The fourth-order valence-electron chi connectivity index (χ4n) is 2.79. The molecule has 0 fully saturated rings. The number of ether oxygens (including phenoxy) is 1. The van der Waals surface area contributed by atoms with E-state index < -0.39 is 0 Å². The molecular formula is C23H18Cl2N4O2S. The molecule has 0 aliphatic heterocycles. The average Bonchev–Trinajstić information content (AvgIpc) is 3.22. The second kappa shape index (κ2) is 10.5. The van der Waals surface area contributed by atoms with Gasteiger partial charge in [-0.2, -0.15) is 5.10 Å². The first-order chi connectivity index (χ1) is 15.6. The summed E-state index contributed by atoms with van der Waals surface area (Å²) in [7, 11) is 0. The maximum Gasteiger partial charge on any atom is 0.250 e. The van der Waals surface area contributed by atoms with E-state index in [4.69, 9.17) is 27.9 Å². The maximum atomic E-state index is 12.0. The molecule has 9 heteroatoms. The summed E-state index contributed by atoms with van der Waals surface area (Å²) < 4.78 is 5.75. The molecule has 2 N–H and O–H groups in total. The van der Waals surface area contributed by atoms with Crippen LogP contribution in [0.15, 0.2) is 77.0 Å². The Morgan fingerprint density at radius 1 is 1.09 bits per heavy atom. The Bertz CT molecular complexity index is 1230. The molecule has 0 spiro atoms. The van der Waals surface area contributed by atoms with Crippen LogP contribution in [0.25, 0.3) is 11.0 Å². The van der Waals surface area contributed by atoms with Crippen LogP contribution in [-0.2, 0) is 11.4 Å². The quantitative estimate of drug-likeness (QED) is 0.191. The Morgan fingerprint density at radius 3 is 2.69 bits per heavy atom. The number of hydrogen-bond donors (Lipinski definition) is 2. The molecule has 0 aliphatic carbocycles. The van der Waals surface area contributed by atoms with Gasteiger partial charge in [-0.15, -0.1) is 0 Å². The second-order valence-corrected chi connectivity index (χ2v) is 8.53. The predicted octanol–water partition coefficient (Wildman–Crippen LogP) is 5.69. The lowest BCUT2D eigenvalue weighted by molar-refractivity contribution is -0.118. The van der Waals surface area contributed by atoms with Crippen LogP contribution in [-0.4, -0.2) is 27.8 Å². The van der Waals surface area contributed by atoms with Gasteiger partial charge < -0.3 is 9.72 Å². The van der Waals surface area contributed by atoms with Gasteiger partial charge in [0.05, 0.1) is 33.0 Å². The van der Waals surface area contributed by atoms with Gasteiger partial charge in [0.2, 0.25) is 0 Å². The SMILES string of the molecule is O=C(CSc1nc2ccccc2[nH]1)N/N=C/c1ccc(OCc2ccc(Cl)c(Cl)c2)cc1. The largest absolute Gasteiger partial charge is 0.489 e. The van der Waals surface area contributed by atoms with Crippen molar-refractivity contribution in [2.75, 3.05) is 5.75 Å². The lowest BCUT2D eigenvalue weighted by atomic mass is 10.2. The summed E-state index contributed by atoms with van der Waals surface area (Å²) in [4.78, 5) is 19.6. The number of amides is 1. The van der Waals surface area contributed by atoms with Crippen molar-refractivity contribution in [3.63, 3.8) is 0 Å². The molecule has 1 aromatic heterocycles. The van der Waals surface area contributed by atoms with Gasteiger partial charge in [0.15, 0.2) is 5.16 Å². The zero-order valence-corrected chi connectivity index (χ0v) is 19.0. The fraction of sp³-hybridized carbons (Fsp3) is 0.0870. The number of hydrazone groups is 1. The molecule has 0 aliphatic rings. The molecular weight excluding hydrogens is 467 g/mol. The maximum absolute atomic E-state index is 12.0. The molecule has 0 unspecified atom stereocenters. The van der Waals surface area contributed by atoms with Crippen molar-refractivity contribution in [1.29, 1.82) is 0 Å². The third kappa shape index (κ3) is 6.03. The highest BCUT2D eigenvalue weighted by molar-refractivity contribution is 7.99. The number of carbonyl (C=O) groups is 1. The highest BCUT2D eigenvalue weighted by Crippen LogP contribution is 2.23. The lowest BCUT2D eigenvalue weighted by Crippen LogP contribution is -2.19. The number of aromatic nitrogens is 2. The Kier molecular flexibility index (Phi) is 7.32. The molecule has 162 valence electrons. The minimum absolute atomic E-state index is 0.207. The van der Waals surface area contributed by atoms with Gasteiger partial charge >= 0.3 is 0 Å². The first kappa shape index (κ1) is 22.2. The number of carbonyl (C=O) groups excluding carboxylic acids is 1. The highest BCUT2D eigenvalue weighted by atomic mass is 35.5. The first-order valence-corrected chi connectivity index (χ1v) is 11.4. The summed E-state index contributed by atoms with van der Waals surface area (Å²) >= 11 is 13.3. The van der Waals surface area contributed by atoms with Crippen LogP contribution in [0.1, 0.15) is 11.1 Å². The number of nitrogens with one attached hydrogen (secondary N) is 2. The van der Waals surface area contributed by atoms with Crippen LogP contribution in [0.3, 0.4) is 0 Å². The topological polar surface area (TPSA) is 79.4 Å². The summed E-state index contributed by atoms with van der Waals surface area (Å²) in [5.74, 6) is 0.700. The monoisotopic (exact) mass is 484 g/mol. The van der Waals surface area contributed by atoms with E-state index in [2.05, 4.69) is 20.5 Å². The van der Waals surface area contributed by atoms with Gasteiger partial charge in [-0.05, 0) is 59.7 Å². The molecule has 3 aromatic carbocycles. The standard InChI is InChI=1S/C23H18Cl2N4O2S/c24-18-10-7-16(11-19(18)25)13-31-17-8-5-15(6-9-17)12-26-29-22(30)14-32-23-27-20-3-1-2-4-21(20)28-23/h1-12H,13-14H2,(H,27,28)(H,29,30)/b26-12+. The van der Waals surface area contributed by atoms with Gasteiger partial charge in [0.1, 0.15) is 12.4 Å². The molecule has 0 bridgehead atoms. The zero-order valence-electron chi connectivity index (χ0n) is 16.7. The molecule has 0 saturated carbocycles. The van der Waals surface area contributed by atoms with Crippen molar-refractivity contribution in [1.82, 2.24) is 15.4 Å². The van der Waals surface area contributed by atoms with Crippen LogP contribution >= 0.6 is 35.0 Å². The summed E-state index contributed by atoms with van der Waals surface area (Å²) in [6, 6.07) is 20.5. The Hall–Kier alpha value is -3.00. The number of hydrogen-bond acceptors (Lipinski definition) is 5. The van der Waals surface area contributed by atoms with Crippen molar-refractivity contribution in [2.24, 2.45) is 5.10 Å². The van der Waals surface area contributed by atoms with E-state index >= 15 is 0 Å². The van der Waals surface area contributed by atoms with E-state index in [0.717, 1.165) is 22.2 Å². The van der Waals surface area contributed by atoms with E-state index in [9.17, 15) is 4.79 Å². The summed E-state index contributed by atoms with van der Waals surface area (Å²) in [5.41, 5.74) is 6.09. The van der Waals surface area contributed by atoms with Crippen molar-refractivity contribution >= 4 is 58.1 Å². The molecule has 4 aromatic rings. The number of fused-ring (bicyclic) bond motifs is 1. The number of rotatable bonds is 8. The Balaban J connectivity index is 1.22. The smallest absolute Gasteiger partial charge is 0.250 e. The lowest BCUT2D eigenvalue weighted by Gasteiger charge is -2.07. The van der Waals surface area contributed by atoms with E-state index in [1.54, 1.807) is 18.3 Å². The second-order valence-electron chi connectivity index (χ2n) is 6.75. The molecule has 32 heavy (non-hydrogen) atoms. The molecule has 0 saturated heterocycles. The molecule has 6 nitrogen and oxygen atoms in total. The van der Waals surface area contributed by atoms with E-state index in [1.807, 2.05) is 54.6 Å². The van der Waals surface area contributed by atoms with E-state index in [0.29, 0.717) is 27.6 Å². The van der Waals surface area contributed by atoms with Gasteiger partial charge in [-0.25, -0.2) is 10.4 Å². The number of imidazole rings is 1. The third-order valence-electron chi connectivity index (χ3n) is 4.38. The van der Waals surface area contributed by atoms with Crippen LogP contribution in [0.5, 0.6) is 5.75 Å².